The molecule has 1 aliphatic heterocycles. The lowest BCUT2D eigenvalue weighted by molar-refractivity contribution is 0.0876. The maximum absolute atomic E-state index is 5.38. The van der Waals surface area contributed by atoms with Crippen LogP contribution in [-0.2, 0) is 4.74 Å². The Morgan fingerprint density at radius 3 is 2.92 bits per heavy atom. The fourth-order valence-corrected chi connectivity index (χ4v) is 1.54. The highest BCUT2D eigenvalue weighted by Gasteiger charge is 2.12. The molecule has 2 heterocycles. The van der Waals surface area contributed by atoms with Gasteiger partial charge in [-0.15, -0.1) is 0 Å². The third-order valence-electron chi connectivity index (χ3n) is 2.21. The molecule has 1 saturated heterocycles. The molecule has 3 nitrogen and oxygen atoms in total. The summed E-state index contributed by atoms with van der Waals surface area (Å²) >= 11 is 0. The Morgan fingerprint density at radius 2 is 2.23 bits per heavy atom. The molecular formula is C10H14N2O. The fraction of sp³-hybridized carbons (Fsp3) is 0.500. The van der Waals surface area contributed by atoms with Crippen LogP contribution >= 0.6 is 0 Å². The first-order chi connectivity index (χ1) is 6.45. The molecule has 0 spiro atoms. The predicted octanol–water partition coefficient (Wildman–Crippen LogP) is 1.67. The van der Waals surface area contributed by atoms with Crippen LogP contribution in [0.5, 0.6) is 0 Å². The van der Waals surface area contributed by atoms with E-state index in [4.69, 9.17) is 4.74 Å². The molecule has 1 fully saturated rings. The second kappa shape index (κ2) is 4.23. The van der Waals surface area contributed by atoms with E-state index >= 15 is 0 Å². The van der Waals surface area contributed by atoms with E-state index in [2.05, 4.69) is 10.3 Å². The monoisotopic (exact) mass is 178 g/mol. The van der Waals surface area contributed by atoms with Gasteiger partial charge in [0.05, 0.1) is 6.61 Å². The van der Waals surface area contributed by atoms with Crippen LogP contribution in [-0.4, -0.2) is 24.2 Å². The molecule has 0 radical (unpaired) electrons. The number of hydrogen-bond donors (Lipinski definition) is 1. The van der Waals surface area contributed by atoms with E-state index in [0.29, 0.717) is 6.04 Å². The molecule has 1 aromatic rings. The summed E-state index contributed by atoms with van der Waals surface area (Å²) in [7, 11) is 0. The second-order valence-corrected chi connectivity index (χ2v) is 3.29. The van der Waals surface area contributed by atoms with Gasteiger partial charge in [0.25, 0.3) is 0 Å². The largest absolute Gasteiger partial charge is 0.380 e. The summed E-state index contributed by atoms with van der Waals surface area (Å²) in [6.45, 7) is 1.73. The fourth-order valence-electron chi connectivity index (χ4n) is 1.54. The van der Waals surface area contributed by atoms with Crippen molar-refractivity contribution in [2.45, 2.75) is 18.9 Å². The van der Waals surface area contributed by atoms with Crippen molar-refractivity contribution < 1.29 is 4.74 Å². The van der Waals surface area contributed by atoms with Crippen LogP contribution in [0.15, 0.2) is 24.5 Å². The van der Waals surface area contributed by atoms with Gasteiger partial charge in [-0.2, -0.15) is 0 Å². The standard InChI is InChI=1S/C10H14N2O/c1-2-10(8-13-7-1)12-9-3-5-11-6-4-9/h3-6,10H,1-2,7-8H2,(H,11,12)/t10-/m1/s1. The van der Waals surface area contributed by atoms with Gasteiger partial charge in [0, 0.05) is 30.7 Å². The van der Waals surface area contributed by atoms with Crippen molar-refractivity contribution in [3.63, 3.8) is 0 Å². The van der Waals surface area contributed by atoms with Gasteiger partial charge in [0.1, 0.15) is 0 Å². The van der Waals surface area contributed by atoms with Gasteiger partial charge in [0.15, 0.2) is 0 Å². The molecule has 0 saturated carbocycles. The Morgan fingerprint density at radius 1 is 1.38 bits per heavy atom. The molecule has 0 unspecified atom stereocenters. The number of pyridine rings is 1. The van der Waals surface area contributed by atoms with Crippen molar-refractivity contribution in [3.8, 4) is 0 Å². The third-order valence-corrected chi connectivity index (χ3v) is 2.21. The molecule has 3 heteroatoms. The van der Waals surface area contributed by atoms with Crippen molar-refractivity contribution in [2.24, 2.45) is 0 Å². The number of hydrogen-bond acceptors (Lipinski definition) is 3. The molecule has 1 aliphatic rings. The molecule has 2 rings (SSSR count). The molecule has 0 amide bonds. The summed E-state index contributed by atoms with van der Waals surface area (Å²) in [6, 6.07) is 4.43. The summed E-state index contributed by atoms with van der Waals surface area (Å²) in [5.41, 5.74) is 1.13. The minimum Gasteiger partial charge on any atom is -0.380 e. The van der Waals surface area contributed by atoms with Crippen molar-refractivity contribution in [3.05, 3.63) is 24.5 Å². The zero-order chi connectivity index (χ0) is 8.93. The van der Waals surface area contributed by atoms with Gasteiger partial charge in [0.2, 0.25) is 0 Å². The first-order valence-electron chi connectivity index (χ1n) is 4.69. The highest BCUT2D eigenvalue weighted by molar-refractivity contribution is 5.41. The van der Waals surface area contributed by atoms with E-state index in [1.54, 1.807) is 12.4 Å². The molecule has 0 aromatic carbocycles. The number of aromatic nitrogens is 1. The van der Waals surface area contributed by atoms with E-state index in [9.17, 15) is 0 Å². The maximum Gasteiger partial charge on any atom is 0.0667 e. The van der Waals surface area contributed by atoms with Gasteiger partial charge in [-0.05, 0) is 25.0 Å². The first kappa shape index (κ1) is 8.51. The lowest BCUT2D eigenvalue weighted by Crippen LogP contribution is -2.29. The minimum atomic E-state index is 0.469. The van der Waals surface area contributed by atoms with Crippen LogP contribution in [0.25, 0.3) is 0 Å². The quantitative estimate of drug-likeness (QED) is 0.748. The average Bonchev–Trinajstić information content (AvgIpc) is 2.21. The van der Waals surface area contributed by atoms with Gasteiger partial charge < -0.3 is 10.1 Å². The Balaban J connectivity index is 1.90. The van der Waals surface area contributed by atoms with Crippen LogP contribution in [0, 0.1) is 0 Å². The van der Waals surface area contributed by atoms with Crippen molar-refractivity contribution in [1.29, 1.82) is 0 Å². The van der Waals surface area contributed by atoms with E-state index in [-0.39, 0.29) is 0 Å². The Kier molecular flexibility index (Phi) is 2.77. The summed E-state index contributed by atoms with van der Waals surface area (Å²) < 4.78 is 5.38. The van der Waals surface area contributed by atoms with Gasteiger partial charge >= 0.3 is 0 Å². The zero-order valence-corrected chi connectivity index (χ0v) is 7.57. The molecule has 70 valence electrons. The first-order valence-corrected chi connectivity index (χ1v) is 4.69. The number of anilines is 1. The van der Waals surface area contributed by atoms with Crippen LogP contribution < -0.4 is 5.32 Å². The Labute approximate surface area is 78.1 Å². The van der Waals surface area contributed by atoms with Crippen molar-refractivity contribution in [2.75, 3.05) is 18.5 Å². The average molecular weight is 178 g/mol. The number of nitrogens with zero attached hydrogens (tertiary/aromatic N) is 1. The zero-order valence-electron chi connectivity index (χ0n) is 7.57. The normalized spacial score (nSPS) is 22.6. The second-order valence-electron chi connectivity index (χ2n) is 3.29. The predicted molar refractivity (Wildman–Crippen MR) is 51.7 cm³/mol. The molecule has 0 aliphatic carbocycles. The molecule has 0 bridgehead atoms. The number of ether oxygens (including phenoxy) is 1. The van der Waals surface area contributed by atoms with Crippen LogP contribution in [0.4, 0.5) is 5.69 Å². The molecular weight excluding hydrogens is 164 g/mol. The highest BCUT2D eigenvalue weighted by atomic mass is 16.5. The molecule has 1 N–H and O–H groups in total. The summed E-state index contributed by atoms with van der Waals surface area (Å²) in [6.07, 6.45) is 5.95. The van der Waals surface area contributed by atoms with Crippen molar-refractivity contribution >= 4 is 5.69 Å². The van der Waals surface area contributed by atoms with E-state index in [1.807, 2.05) is 12.1 Å². The summed E-state index contributed by atoms with van der Waals surface area (Å²) in [4.78, 5) is 3.97. The molecule has 1 atom stereocenters. The topological polar surface area (TPSA) is 34.1 Å². The number of nitrogens with one attached hydrogen (secondary N) is 1. The third kappa shape index (κ3) is 2.42. The van der Waals surface area contributed by atoms with Crippen LogP contribution in [0.2, 0.25) is 0 Å². The van der Waals surface area contributed by atoms with Gasteiger partial charge in [-0.25, -0.2) is 0 Å². The lowest BCUT2D eigenvalue weighted by Gasteiger charge is -2.23. The van der Waals surface area contributed by atoms with E-state index in [1.165, 1.54) is 6.42 Å². The smallest absolute Gasteiger partial charge is 0.0667 e. The van der Waals surface area contributed by atoms with E-state index < -0.39 is 0 Å². The van der Waals surface area contributed by atoms with Gasteiger partial charge in [-0.3, -0.25) is 4.98 Å². The number of rotatable bonds is 2. The lowest BCUT2D eigenvalue weighted by atomic mass is 10.1. The SMILES string of the molecule is c1cc(N[C@@H]2CCCOC2)ccn1. The Bertz CT molecular complexity index is 244. The van der Waals surface area contributed by atoms with Crippen molar-refractivity contribution in [1.82, 2.24) is 4.98 Å². The maximum atomic E-state index is 5.38. The summed E-state index contributed by atoms with van der Waals surface area (Å²) in [5.74, 6) is 0. The Hall–Kier alpha value is -1.09. The molecule has 1 aromatic heterocycles. The summed E-state index contributed by atoms with van der Waals surface area (Å²) in [5, 5.41) is 3.42. The molecule has 13 heavy (non-hydrogen) atoms. The van der Waals surface area contributed by atoms with Gasteiger partial charge in [-0.1, -0.05) is 0 Å². The van der Waals surface area contributed by atoms with Crippen LogP contribution in [0.3, 0.4) is 0 Å². The van der Waals surface area contributed by atoms with Crippen LogP contribution in [0.1, 0.15) is 12.8 Å². The minimum absolute atomic E-state index is 0.469. The highest BCUT2D eigenvalue weighted by Crippen LogP contribution is 2.12. The van der Waals surface area contributed by atoms with E-state index in [0.717, 1.165) is 25.3 Å².